The van der Waals surface area contributed by atoms with Crippen LogP contribution >= 0.6 is 0 Å². The highest BCUT2D eigenvalue weighted by molar-refractivity contribution is 6.06. The number of anilines is 2. The Labute approximate surface area is 207 Å². The molecule has 0 spiro atoms. The SMILES string of the molecule is O=C(Nc1ccc(N2CCN(Cc3ccccc3)CC2)cc1)c1ccccc1OCC1CCCO1. The van der Waals surface area contributed by atoms with Crippen LogP contribution in [0, 0.1) is 0 Å². The van der Waals surface area contributed by atoms with Crippen molar-refractivity contribution in [3.8, 4) is 5.75 Å². The van der Waals surface area contributed by atoms with Crippen LogP contribution in [-0.2, 0) is 11.3 Å². The Morgan fingerprint density at radius 2 is 1.66 bits per heavy atom. The van der Waals surface area contributed by atoms with Crippen molar-refractivity contribution in [3.63, 3.8) is 0 Å². The summed E-state index contributed by atoms with van der Waals surface area (Å²) in [6.07, 6.45) is 2.18. The van der Waals surface area contributed by atoms with Gasteiger partial charge in [0.15, 0.2) is 0 Å². The Kier molecular flexibility index (Phi) is 7.61. The van der Waals surface area contributed by atoms with Gasteiger partial charge in [-0.3, -0.25) is 9.69 Å². The minimum absolute atomic E-state index is 0.110. The molecule has 182 valence electrons. The molecule has 2 aliphatic rings. The third-order valence-corrected chi connectivity index (χ3v) is 6.69. The molecule has 0 radical (unpaired) electrons. The fraction of sp³-hybridized carbons (Fsp3) is 0.345. The first kappa shape index (κ1) is 23.4. The third-order valence-electron chi connectivity index (χ3n) is 6.69. The molecule has 6 heteroatoms. The van der Waals surface area contributed by atoms with Crippen molar-refractivity contribution in [2.24, 2.45) is 0 Å². The maximum Gasteiger partial charge on any atom is 0.259 e. The number of hydrogen-bond acceptors (Lipinski definition) is 5. The van der Waals surface area contributed by atoms with Gasteiger partial charge in [0.25, 0.3) is 5.91 Å². The topological polar surface area (TPSA) is 54.0 Å². The van der Waals surface area contributed by atoms with Crippen molar-refractivity contribution >= 4 is 17.3 Å². The quantitative estimate of drug-likeness (QED) is 0.511. The van der Waals surface area contributed by atoms with Crippen LogP contribution in [0.15, 0.2) is 78.9 Å². The summed E-state index contributed by atoms with van der Waals surface area (Å²) in [5, 5.41) is 3.01. The zero-order valence-corrected chi connectivity index (χ0v) is 20.1. The van der Waals surface area contributed by atoms with Crippen LogP contribution < -0.4 is 15.0 Å². The molecule has 2 heterocycles. The van der Waals surface area contributed by atoms with Crippen molar-refractivity contribution in [2.75, 3.05) is 49.6 Å². The van der Waals surface area contributed by atoms with Crippen LogP contribution in [0.25, 0.3) is 0 Å². The summed E-state index contributed by atoms with van der Waals surface area (Å²) in [6.45, 7) is 6.32. The number of para-hydroxylation sites is 1. The van der Waals surface area contributed by atoms with Gasteiger partial charge in [-0.2, -0.15) is 0 Å². The molecule has 1 N–H and O–H groups in total. The van der Waals surface area contributed by atoms with E-state index in [1.54, 1.807) is 6.07 Å². The molecule has 3 aromatic carbocycles. The van der Waals surface area contributed by atoms with Gasteiger partial charge in [0, 0.05) is 50.7 Å². The number of amides is 1. The molecular formula is C29H33N3O3. The van der Waals surface area contributed by atoms with E-state index in [4.69, 9.17) is 9.47 Å². The van der Waals surface area contributed by atoms with Gasteiger partial charge in [-0.1, -0.05) is 42.5 Å². The molecular weight excluding hydrogens is 438 g/mol. The summed E-state index contributed by atoms with van der Waals surface area (Å²) in [5.74, 6) is 0.417. The number of ether oxygens (including phenoxy) is 2. The van der Waals surface area contributed by atoms with Gasteiger partial charge in [0.2, 0.25) is 0 Å². The first-order chi connectivity index (χ1) is 17.2. The highest BCUT2D eigenvalue weighted by Gasteiger charge is 2.19. The first-order valence-electron chi connectivity index (χ1n) is 12.5. The Morgan fingerprint density at radius 3 is 2.40 bits per heavy atom. The lowest BCUT2D eigenvalue weighted by atomic mass is 10.1. The van der Waals surface area contributed by atoms with E-state index in [1.807, 2.05) is 30.3 Å². The molecule has 0 aliphatic carbocycles. The summed E-state index contributed by atoms with van der Waals surface area (Å²) in [6, 6.07) is 26.1. The number of nitrogens with one attached hydrogen (secondary N) is 1. The lowest BCUT2D eigenvalue weighted by molar-refractivity contribution is 0.0673. The second-order valence-corrected chi connectivity index (χ2v) is 9.19. The maximum absolute atomic E-state index is 13.0. The number of rotatable bonds is 8. The molecule has 3 aromatic rings. The first-order valence-corrected chi connectivity index (χ1v) is 12.5. The van der Waals surface area contributed by atoms with Gasteiger partial charge in [0.1, 0.15) is 12.4 Å². The third kappa shape index (κ3) is 6.21. The standard InChI is InChI=1S/C29H33N3O3/c33-29(27-10-4-5-11-28(27)35-22-26-9-6-20-34-26)30-24-12-14-25(15-13-24)32-18-16-31(17-19-32)21-23-7-2-1-3-8-23/h1-5,7-8,10-15,26H,6,9,16-22H2,(H,30,33). The van der Waals surface area contributed by atoms with Crippen LogP contribution in [0.3, 0.4) is 0 Å². The summed E-state index contributed by atoms with van der Waals surface area (Å²) >= 11 is 0. The number of carbonyl (C=O) groups excluding carboxylic acids is 1. The van der Waals surface area contributed by atoms with Crippen molar-refractivity contribution < 1.29 is 14.3 Å². The number of nitrogens with zero attached hydrogens (tertiary/aromatic N) is 2. The van der Waals surface area contributed by atoms with E-state index in [0.29, 0.717) is 17.9 Å². The van der Waals surface area contributed by atoms with E-state index >= 15 is 0 Å². The molecule has 2 saturated heterocycles. The summed E-state index contributed by atoms with van der Waals surface area (Å²) in [7, 11) is 0. The molecule has 5 rings (SSSR count). The normalized spacial score (nSPS) is 18.4. The second kappa shape index (κ2) is 11.4. The van der Waals surface area contributed by atoms with E-state index in [2.05, 4.69) is 57.6 Å². The number of carbonyl (C=O) groups is 1. The largest absolute Gasteiger partial charge is 0.490 e. The molecule has 1 unspecified atom stereocenters. The smallest absolute Gasteiger partial charge is 0.259 e. The highest BCUT2D eigenvalue weighted by Crippen LogP contribution is 2.24. The Bertz CT molecular complexity index is 1090. The van der Waals surface area contributed by atoms with E-state index in [1.165, 1.54) is 11.3 Å². The molecule has 6 nitrogen and oxygen atoms in total. The van der Waals surface area contributed by atoms with Gasteiger partial charge in [-0.05, 0) is 54.8 Å². The Morgan fingerprint density at radius 1 is 0.914 bits per heavy atom. The molecule has 35 heavy (non-hydrogen) atoms. The summed E-state index contributed by atoms with van der Waals surface area (Å²) in [4.78, 5) is 17.9. The Hall–Kier alpha value is -3.35. The molecule has 2 fully saturated rings. The fourth-order valence-electron chi connectivity index (χ4n) is 4.70. The van der Waals surface area contributed by atoms with E-state index < -0.39 is 0 Å². The second-order valence-electron chi connectivity index (χ2n) is 9.19. The molecule has 2 aliphatic heterocycles. The molecule has 1 atom stereocenters. The van der Waals surface area contributed by atoms with Crippen molar-refractivity contribution in [2.45, 2.75) is 25.5 Å². The van der Waals surface area contributed by atoms with Crippen molar-refractivity contribution in [1.82, 2.24) is 4.90 Å². The van der Waals surface area contributed by atoms with Gasteiger partial charge in [-0.25, -0.2) is 0 Å². The average molecular weight is 472 g/mol. The zero-order chi connectivity index (χ0) is 23.9. The van der Waals surface area contributed by atoms with Crippen LogP contribution in [-0.4, -0.2) is 56.3 Å². The molecule has 0 saturated carbocycles. The van der Waals surface area contributed by atoms with Crippen molar-refractivity contribution in [1.29, 1.82) is 0 Å². The number of hydrogen-bond donors (Lipinski definition) is 1. The summed E-state index contributed by atoms with van der Waals surface area (Å²) < 4.78 is 11.6. The van der Waals surface area contributed by atoms with Gasteiger partial charge in [0.05, 0.1) is 11.7 Å². The zero-order valence-electron chi connectivity index (χ0n) is 20.1. The van der Waals surface area contributed by atoms with Crippen LogP contribution in [0.4, 0.5) is 11.4 Å². The minimum Gasteiger partial charge on any atom is -0.490 e. The van der Waals surface area contributed by atoms with E-state index in [9.17, 15) is 4.79 Å². The predicted octanol–water partition coefficient (Wildman–Crippen LogP) is 4.82. The summed E-state index contributed by atoms with van der Waals surface area (Å²) in [5.41, 5.74) is 3.85. The van der Waals surface area contributed by atoms with E-state index in [-0.39, 0.29) is 12.0 Å². The number of piperazine rings is 1. The van der Waals surface area contributed by atoms with Crippen LogP contribution in [0.5, 0.6) is 5.75 Å². The Balaban J connectivity index is 1.14. The average Bonchev–Trinajstić information content (AvgIpc) is 3.43. The predicted molar refractivity (Wildman–Crippen MR) is 139 cm³/mol. The molecule has 0 bridgehead atoms. The van der Waals surface area contributed by atoms with Gasteiger partial charge >= 0.3 is 0 Å². The molecule has 0 aromatic heterocycles. The maximum atomic E-state index is 13.0. The highest BCUT2D eigenvalue weighted by atomic mass is 16.5. The van der Waals surface area contributed by atoms with Crippen LogP contribution in [0.2, 0.25) is 0 Å². The minimum atomic E-state index is -0.171. The number of benzene rings is 3. The van der Waals surface area contributed by atoms with Crippen LogP contribution in [0.1, 0.15) is 28.8 Å². The van der Waals surface area contributed by atoms with Gasteiger partial charge < -0.3 is 19.7 Å². The van der Waals surface area contributed by atoms with Gasteiger partial charge in [-0.15, -0.1) is 0 Å². The molecule has 1 amide bonds. The fourth-order valence-corrected chi connectivity index (χ4v) is 4.70. The van der Waals surface area contributed by atoms with E-state index in [0.717, 1.165) is 57.9 Å². The monoisotopic (exact) mass is 471 g/mol. The lowest BCUT2D eigenvalue weighted by Gasteiger charge is -2.36. The van der Waals surface area contributed by atoms with Crippen molar-refractivity contribution in [3.05, 3.63) is 90.0 Å². The lowest BCUT2D eigenvalue weighted by Crippen LogP contribution is -2.45.